The maximum Gasteiger partial charge on any atom is 0.337 e. The Kier molecular flexibility index (Phi) is 13.6. The summed E-state index contributed by atoms with van der Waals surface area (Å²) in [7, 11) is -1.35. The van der Waals surface area contributed by atoms with Gasteiger partial charge in [-0.2, -0.15) is 0 Å². The van der Waals surface area contributed by atoms with E-state index in [4.69, 9.17) is 47.1 Å². The molecule has 0 aliphatic carbocycles. The van der Waals surface area contributed by atoms with Crippen LogP contribution in [0.15, 0.2) is 65.8 Å². The molecule has 296 valence electrons. The molecule has 2 aromatic rings. The lowest BCUT2D eigenvalue weighted by Crippen LogP contribution is -2.66. The zero-order chi connectivity index (χ0) is 39.3. The smallest absolute Gasteiger partial charge is 0.337 e. The number of methoxy groups -OCH3 is 1. The van der Waals surface area contributed by atoms with Crippen molar-refractivity contribution in [3.05, 3.63) is 82.2 Å². The van der Waals surface area contributed by atoms with Crippen LogP contribution in [-0.4, -0.2) is 101 Å². The topological polar surface area (TPSA) is 175 Å². The van der Waals surface area contributed by atoms with E-state index in [-0.39, 0.29) is 24.9 Å². The van der Waals surface area contributed by atoms with Gasteiger partial charge < -0.3 is 47.1 Å². The summed E-state index contributed by atoms with van der Waals surface area (Å²) < 4.78 is 62.6. The average Bonchev–Trinajstić information content (AvgIpc) is 3.44. The zero-order valence-corrected chi connectivity index (χ0v) is 33.4. The van der Waals surface area contributed by atoms with Crippen molar-refractivity contribution in [2.24, 2.45) is 5.11 Å². The van der Waals surface area contributed by atoms with E-state index in [2.05, 4.69) is 43.9 Å². The Morgan fingerprint density at radius 2 is 1.48 bits per heavy atom. The Labute approximate surface area is 317 Å². The molecule has 15 nitrogen and oxygen atoms in total. The SMILES string of the molecule is COC(=O)[C@H]1O[C@@H]2OC(C)(C)O[C@@H]2[C@@H](OCc2ccccc2)[C@@H]1O[C@H]1O[C@H](COC(C)=O)[C@@H](O[Si](C)(C)C(C)(C)C)[C@H](OCc2ccccc2)[C@H]1N=[N+]=[N-]. The summed E-state index contributed by atoms with van der Waals surface area (Å²) in [6, 6.07) is 17.8. The summed E-state index contributed by atoms with van der Waals surface area (Å²) in [4.78, 5) is 28.8. The van der Waals surface area contributed by atoms with Crippen LogP contribution in [-0.2, 0) is 69.9 Å². The number of benzene rings is 2. The van der Waals surface area contributed by atoms with Crippen molar-refractivity contribution in [1.82, 2.24) is 0 Å². The minimum absolute atomic E-state index is 0.122. The molecule has 16 heteroatoms. The van der Waals surface area contributed by atoms with Crippen LogP contribution in [0.5, 0.6) is 0 Å². The van der Waals surface area contributed by atoms with Crippen molar-refractivity contribution in [2.75, 3.05) is 13.7 Å². The molecule has 0 unspecified atom stereocenters. The summed E-state index contributed by atoms with van der Waals surface area (Å²) in [5.74, 6) is -2.38. The van der Waals surface area contributed by atoms with Gasteiger partial charge in [-0.1, -0.05) is 86.5 Å². The normalized spacial score (nSPS) is 30.8. The van der Waals surface area contributed by atoms with Gasteiger partial charge in [0.15, 0.2) is 32.8 Å². The second-order valence-corrected chi connectivity index (χ2v) is 20.3. The maximum atomic E-state index is 13.5. The second-order valence-electron chi connectivity index (χ2n) is 15.6. The Morgan fingerprint density at radius 3 is 2.02 bits per heavy atom. The van der Waals surface area contributed by atoms with Gasteiger partial charge in [0.05, 0.1) is 26.4 Å². The highest BCUT2D eigenvalue weighted by molar-refractivity contribution is 6.74. The van der Waals surface area contributed by atoms with Crippen molar-refractivity contribution in [2.45, 2.75) is 140 Å². The fraction of sp³-hybridized carbons (Fsp3) is 0.632. The number of nitrogens with zero attached hydrogens (tertiary/aromatic N) is 3. The largest absolute Gasteiger partial charge is 0.467 e. The van der Waals surface area contributed by atoms with Gasteiger partial charge in [0.25, 0.3) is 0 Å². The van der Waals surface area contributed by atoms with E-state index >= 15 is 0 Å². The van der Waals surface area contributed by atoms with Crippen molar-refractivity contribution in [1.29, 1.82) is 0 Å². The molecule has 3 fully saturated rings. The van der Waals surface area contributed by atoms with Crippen LogP contribution in [0.25, 0.3) is 10.4 Å². The fourth-order valence-electron chi connectivity index (χ4n) is 6.37. The summed E-state index contributed by atoms with van der Waals surface area (Å²) >= 11 is 0. The van der Waals surface area contributed by atoms with E-state index in [0.29, 0.717) is 0 Å². The molecule has 0 radical (unpaired) electrons. The van der Waals surface area contributed by atoms with Crippen LogP contribution < -0.4 is 0 Å². The lowest BCUT2D eigenvalue weighted by molar-refractivity contribution is -0.328. The number of carbonyl (C=O) groups is 2. The van der Waals surface area contributed by atoms with E-state index in [9.17, 15) is 15.1 Å². The van der Waals surface area contributed by atoms with Crippen LogP contribution in [0.3, 0.4) is 0 Å². The Hall–Kier alpha value is -3.41. The van der Waals surface area contributed by atoms with Crippen molar-refractivity contribution in [3.8, 4) is 0 Å². The maximum absolute atomic E-state index is 13.5. The number of fused-ring (bicyclic) bond motifs is 1. The van der Waals surface area contributed by atoms with Gasteiger partial charge >= 0.3 is 11.9 Å². The third-order valence-electron chi connectivity index (χ3n) is 10.1. The minimum atomic E-state index is -2.58. The number of hydrogen-bond acceptors (Lipinski definition) is 13. The van der Waals surface area contributed by atoms with E-state index in [0.717, 1.165) is 11.1 Å². The molecular formula is C38H53N3O12Si. The third-order valence-corrected chi connectivity index (χ3v) is 14.6. The van der Waals surface area contributed by atoms with Crippen LogP contribution in [0.1, 0.15) is 52.7 Å². The van der Waals surface area contributed by atoms with E-state index in [1.165, 1.54) is 14.0 Å². The van der Waals surface area contributed by atoms with Crippen LogP contribution in [0.4, 0.5) is 0 Å². The second kappa shape index (κ2) is 17.6. The predicted octanol–water partition coefficient (Wildman–Crippen LogP) is 5.95. The molecule has 2 aromatic carbocycles. The number of carbonyl (C=O) groups excluding carboxylic acids is 2. The zero-order valence-electron chi connectivity index (χ0n) is 32.4. The lowest BCUT2D eigenvalue weighted by atomic mass is 9.95. The van der Waals surface area contributed by atoms with E-state index in [1.54, 1.807) is 13.8 Å². The van der Waals surface area contributed by atoms with E-state index < -0.39 is 87.4 Å². The number of azide groups is 1. The molecule has 5 rings (SSSR count). The number of rotatable bonds is 14. The number of hydrogen-bond donors (Lipinski definition) is 0. The molecule has 0 bridgehead atoms. The van der Waals surface area contributed by atoms with Gasteiger partial charge in [0.2, 0.25) is 0 Å². The summed E-state index contributed by atoms with van der Waals surface area (Å²) in [5.41, 5.74) is 11.7. The quantitative estimate of drug-likeness (QED) is 0.0727. The Morgan fingerprint density at radius 1 is 0.889 bits per heavy atom. The van der Waals surface area contributed by atoms with Gasteiger partial charge in [-0.3, -0.25) is 4.79 Å². The first-order valence-electron chi connectivity index (χ1n) is 18.1. The summed E-state index contributed by atoms with van der Waals surface area (Å²) in [5, 5.41) is 3.93. The monoisotopic (exact) mass is 771 g/mol. The van der Waals surface area contributed by atoms with Crippen LogP contribution in [0, 0.1) is 0 Å². The molecule has 3 aliphatic rings. The predicted molar refractivity (Wildman–Crippen MR) is 196 cm³/mol. The molecule has 0 aromatic heterocycles. The summed E-state index contributed by atoms with van der Waals surface area (Å²) in [6.45, 7) is 15.2. The molecule has 54 heavy (non-hydrogen) atoms. The molecule has 3 aliphatic heterocycles. The Balaban J connectivity index is 1.57. The minimum Gasteiger partial charge on any atom is -0.467 e. The first kappa shape index (κ1) is 41.7. The lowest BCUT2D eigenvalue weighted by Gasteiger charge is -2.50. The van der Waals surface area contributed by atoms with Crippen molar-refractivity contribution >= 4 is 20.3 Å². The van der Waals surface area contributed by atoms with Gasteiger partial charge in [-0.15, -0.1) is 0 Å². The molecule has 0 amide bonds. The standard InChI is InChI=1S/C38H53N3O12Si/c1-23(42)45-22-26-28(53-54(8,9)37(2,3)4)29(46-20-24-16-12-10-13-17-24)27(40-41-39)35(48-26)49-31-30(47-21-25-18-14-11-15-19-25)33-36(52-38(5,6)51-33)50-32(31)34(43)44-7/h10-19,26-33,35-36H,20-22H2,1-9H3/t26-,27-,28-,29-,30+,31+,32+,33-,35-,36-/m1/s1. The van der Waals surface area contributed by atoms with Gasteiger partial charge in [-0.25, -0.2) is 4.79 Å². The molecule has 3 heterocycles. The van der Waals surface area contributed by atoms with Crippen molar-refractivity contribution in [3.63, 3.8) is 0 Å². The highest BCUT2D eigenvalue weighted by Gasteiger charge is 2.60. The van der Waals surface area contributed by atoms with Crippen LogP contribution in [0.2, 0.25) is 18.1 Å². The molecule has 3 saturated heterocycles. The highest BCUT2D eigenvalue weighted by Crippen LogP contribution is 2.43. The average molecular weight is 772 g/mol. The van der Waals surface area contributed by atoms with Crippen molar-refractivity contribution < 1.29 is 56.6 Å². The highest BCUT2D eigenvalue weighted by atomic mass is 28.4. The molecule has 0 N–H and O–H groups in total. The van der Waals surface area contributed by atoms with E-state index in [1.807, 2.05) is 60.7 Å². The van der Waals surface area contributed by atoms with Gasteiger partial charge in [0.1, 0.15) is 43.2 Å². The van der Waals surface area contributed by atoms with Gasteiger partial charge in [0, 0.05) is 11.8 Å². The molecule has 0 saturated carbocycles. The fourth-order valence-corrected chi connectivity index (χ4v) is 7.69. The number of esters is 2. The summed E-state index contributed by atoms with van der Waals surface area (Å²) in [6.07, 6.45) is -9.67. The third kappa shape index (κ3) is 10.1. The molecule has 0 spiro atoms. The number of ether oxygens (including phenoxy) is 9. The Bertz CT molecular complexity index is 1600. The first-order valence-corrected chi connectivity index (χ1v) is 21.0. The molecular weight excluding hydrogens is 719 g/mol. The van der Waals surface area contributed by atoms with Crippen LogP contribution >= 0.6 is 0 Å². The molecule has 10 atom stereocenters. The van der Waals surface area contributed by atoms with Gasteiger partial charge in [-0.05, 0) is 48.6 Å². The first-order chi connectivity index (χ1) is 25.5.